The monoisotopic (exact) mass is 194 g/mol. The van der Waals surface area contributed by atoms with Crippen LogP contribution in [0.15, 0.2) is 11.6 Å². The number of fused-ring (bicyclic) bond motifs is 2. The molecule has 78 valence electrons. The van der Waals surface area contributed by atoms with Crippen LogP contribution in [-0.4, -0.2) is 13.1 Å². The molecule has 0 aromatic rings. The Bertz CT molecular complexity index is 289. The van der Waals surface area contributed by atoms with E-state index in [9.17, 15) is 4.79 Å². The number of carbonyl (C=O) groups excluding carboxylic acids is 1. The molecule has 0 N–H and O–H groups in total. The van der Waals surface area contributed by atoms with Gasteiger partial charge in [-0.1, -0.05) is 19.4 Å². The summed E-state index contributed by atoms with van der Waals surface area (Å²) >= 11 is 0. The highest BCUT2D eigenvalue weighted by molar-refractivity contribution is 5.83. The van der Waals surface area contributed by atoms with E-state index in [0.29, 0.717) is 5.92 Å². The predicted octanol–water partition coefficient (Wildman–Crippen LogP) is 2.54. The van der Waals surface area contributed by atoms with Crippen molar-refractivity contribution in [3.63, 3.8) is 0 Å². The average Bonchev–Trinajstić information content (AvgIpc) is 2.68. The first-order valence-corrected chi connectivity index (χ1v) is 5.35. The van der Waals surface area contributed by atoms with Crippen LogP contribution in [0.25, 0.3) is 0 Å². The second-order valence-electron chi connectivity index (χ2n) is 5.05. The summed E-state index contributed by atoms with van der Waals surface area (Å²) in [4.78, 5) is 11.2. The minimum Gasteiger partial charge on any atom is -0.466 e. The number of hydrogen-bond donors (Lipinski definition) is 0. The van der Waals surface area contributed by atoms with Crippen LogP contribution in [0.1, 0.15) is 33.1 Å². The Balaban J connectivity index is 2.27. The van der Waals surface area contributed by atoms with Gasteiger partial charge < -0.3 is 4.74 Å². The number of hydrogen-bond acceptors (Lipinski definition) is 2. The molecular formula is C12H18O2. The van der Waals surface area contributed by atoms with E-state index in [4.69, 9.17) is 4.74 Å². The molecule has 2 unspecified atom stereocenters. The number of allylic oxidation sites excluding steroid dienone is 1. The number of carbonyl (C=O) groups is 1. The highest BCUT2D eigenvalue weighted by Crippen LogP contribution is 2.58. The Hall–Kier alpha value is -0.790. The SMILES string of the molecule is COC(=O)C=C1C2CCC(C2)C1(C)C. The molecule has 14 heavy (non-hydrogen) atoms. The van der Waals surface area contributed by atoms with Crippen LogP contribution >= 0.6 is 0 Å². The molecule has 0 aromatic heterocycles. The van der Waals surface area contributed by atoms with Crippen molar-refractivity contribution < 1.29 is 9.53 Å². The first kappa shape index (κ1) is 9.75. The van der Waals surface area contributed by atoms with E-state index in [1.165, 1.54) is 31.9 Å². The van der Waals surface area contributed by atoms with E-state index < -0.39 is 0 Å². The lowest BCUT2D eigenvalue weighted by atomic mass is 9.73. The van der Waals surface area contributed by atoms with E-state index in [1.807, 2.05) is 0 Å². The van der Waals surface area contributed by atoms with E-state index in [1.54, 1.807) is 6.08 Å². The van der Waals surface area contributed by atoms with Crippen molar-refractivity contribution in [1.29, 1.82) is 0 Å². The fourth-order valence-electron chi connectivity index (χ4n) is 3.17. The number of ether oxygens (including phenoxy) is 1. The lowest BCUT2D eigenvalue weighted by Gasteiger charge is -2.32. The second-order valence-corrected chi connectivity index (χ2v) is 5.05. The van der Waals surface area contributed by atoms with Gasteiger partial charge in [0.15, 0.2) is 0 Å². The maximum absolute atomic E-state index is 11.2. The third-order valence-corrected chi connectivity index (χ3v) is 4.11. The van der Waals surface area contributed by atoms with Gasteiger partial charge in [0.1, 0.15) is 0 Å². The predicted molar refractivity (Wildman–Crippen MR) is 54.7 cm³/mol. The van der Waals surface area contributed by atoms with Crippen molar-refractivity contribution in [1.82, 2.24) is 0 Å². The normalized spacial score (nSPS) is 36.4. The van der Waals surface area contributed by atoms with Gasteiger partial charge in [-0.3, -0.25) is 0 Å². The maximum Gasteiger partial charge on any atom is 0.330 e. The lowest BCUT2D eigenvalue weighted by Crippen LogP contribution is -2.23. The zero-order valence-corrected chi connectivity index (χ0v) is 9.17. The van der Waals surface area contributed by atoms with Gasteiger partial charge in [0.05, 0.1) is 7.11 Å². The largest absolute Gasteiger partial charge is 0.466 e. The van der Waals surface area contributed by atoms with Crippen LogP contribution in [0, 0.1) is 17.3 Å². The van der Waals surface area contributed by atoms with Crippen molar-refractivity contribution in [3.05, 3.63) is 11.6 Å². The van der Waals surface area contributed by atoms with Crippen LogP contribution in [0.2, 0.25) is 0 Å². The van der Waals surface area contributed by atoms with Crippen molar-refractivity contribution >= 4 is 5.97 Å². The molecule has 2 aliphatic rings. The fraction of sp³-hybridized carbons (Fsp3) is 0.750. The van der Waals surface area contributed by atoms with Crippen molar-refractivity contribution in [2.24, 2.45) is 17.3 Å². The zero-order valence-electron chi connectivity index (χ0n) is 9.17. The summed E-state index contributed by atoms with van der Waals surface area (Å²) in [7, 11) is 1.44. The molecule has 2 atom stereocenters. The minimum atomic E-state index is -0.194. The average molecular weight is 194 g/mol. The van der Waals surface area contributed by atoms with E-state index in [-0.39, 0.29) is 11.4 Å². The van der Waals surface area contributed by atoms with Crippen LogP contribution < -0.4 is 0 Å². The summed E-state index contributed by atoms with van der Waals surface area (Å²) < 4.78 is 4.70. The summed E-state index contributed by atoms with van der Waals surface area (Å²) in [6.45, 7) is 4.51. The maximum atomic E-state index is 11.2. The van der Waals surface area contributed by atoms with Crippen molar-refractivity contribution in [3.8, 4) is 0 Å². The van der Waals surface area contributed by atoms with Crippen molar-refractivity contribution in [2.45, 2.75) is 33.1 Å². The summed E-state index contributed by atoms with van der Waals surface area (Å²) in [6, 6.07) is 0. The molecule has 2 rings (SSSR count). The molecule has 2 aliphatic carbocycles. The van der Waals surface area contributed by atoms with Gasteiger partial charge in [0.2, 0.25) is 0 Å². The third-order valence-electron chi connectivity index (χ3n) is 4.11. The standard InChI is InChI=1S/C12H18O2/c1-12(2)9-5-4-8(6-9)10(12)7-11(13)14-3/h7-9H,4-6H2,1-3H3. The molecular weight excluding hydrogens is 176 g/mol. The van der Waals surface area contributed by atoms with Crippen LogP contribution in [-0.2, 0) is 9.53 Å². The third kappa shape index (κ3) is 1.28. The summed E-state index contributed by atoms with van der Waals surface area (Å²) in [5, 5.41) is 0. The molecule has 2 heteroatoms. The Kier molecular flexibility index (Phi) is 2.17. The van der Waals surface area contributed by atoms with E-state index in [2.05, 4.69) is 13.8 Å². The summed E-state index contributed by atoms with van der Waals surface area (Å²) in [5.41, 5.74) is 1.54. The Morgan fingerprint density at radius 3 is 2.71 bits per heavy atom. The molecule has 2 saturated carbocycles. The van der Waals surface area contributed by atoms with Gasteiger partial charge in [-0.25, -0.2) is 4.79 Å². The number of esters is 1. The first-order valence-electron chi connectivity index (χ1n) is 5.35. The van der Waals surface area contributed by atoms with Crippen LogP contribution in [0.3, 0.4) is 0 Å². The molecule has 0 aliphatic heterocycles. The molecule has 2 bridgehead atoms. The molecule has 0 radical (unpaired) electrons. The Morgan fingerprint density at radius 1 is 1.50 bits per heavy atom. The van der Waals surface area contributed by atoms with Gasteiger partial charge in [-0.15, -0.1) is 0 Å². The Morgan fingerprint density at radius 2 is 2.21 bits per heavy atom. The van der Waals surface area contributed by atoms with E-state index in [0.717, 1.165) is 5.92 Å². The molecule has 2 nitrogen and oxygen atoms in total. The quantitative estimate of drug-likeness (QED) is 0.473. The topological polar surface area (TPSA) is 26.3 Å². The fourth-order valence-corrected chi connectivity index (χ4v) is 3.17. The van der Waals surface area contributed by atoms with Gasteiger partial charge in [-0.2, -0.15) is 0 Å². The molecule has 2 fully saturated rings. The molecule has 0 amide bonds. The van der Waals surface area contributed by atoms with Crippen LogP contribution in [0.4, 0.5) is 0 Å². The minimum absolute atomic E-state index is 0.194. The van der Waals surface area contributed by atoms with Crippen molar-refractivity contribution in [2.75, 3.05) is 7.11 Å². The number of rotatable bonds is 1. The van der Waals surface area contributed by atoms with E-state index >= 15 is 0 Å². The first-order chi connectivity index (χ1) is 6.55. The highest BCUT2D eigenvalue weighted by atomic mass is 16.5. The molecule has 0 saturated heterocycles. The highest BCUT2D eigenvalue weighted by Gasteiger charge is 2.48. The number of methoxy groups -OCH3 is 1. The lowest BCUT2D eigenvalue weighted by molar-refractivity contribution is -0.135. The van der Waals surface area contributed by atoms with Crippen LogP contribution in [0.5, 0.6) is 0 Å². The second kappa shape index (κ2) is 3.11. The van der Waals surface area contributed by atoms with Gasteiger partial charge >= 0.3 is 5.97 Å². The van der Waals surface area contributed by atoms with Gasteiger partial charge in [0, 0.05) is 6.08 Å². The van der Waals surface area contributed by atoms with Gasteiger partial charge in [-0.05, 0) is 36.5 Å². The molecule has 0 spiro atoms. The zero-order chi connectivity index (χ0) is 10.3. The molecule has 0 aromatic carbocycles. The van der Waals surface area contributed by atoms with Gasteiger partial charge in [0.25, 0.3) is 0 Å². The Labute approximate surface area is 85.3 Å². The molecule has 0 heterocycles. The summed E-state index contributed by atoms with van der Waals surface area (Å²) in [5.74, 6) is 1.23. The smallest absolute Gasteiger partial charge is 0.330 e. The summed E-state index contributed by atoms with van der Waals surface area (Å²) in [6.07, 6.45) is 5.59.